The number of amides is 2. The SMILES string of the molecule is COc1cccc(N(CCCC(=O)Nc2ccccc2C(N)=O)S(C)(=O)=O)c1. The van der Waals surface area contributed by atoms with Crippen molar-refractivity contribution in [1.29, 1.82) is 0 Å². The van der Waals surface area contributed by atoms with Crippen molar-refractivity contribution in [1.82, 2.24) is 0 Å². The van der Waals surface area contributed by atoms with Crippen molar-refractivity contribution in [2.75, 3.05) is 29.5 Å². The van der Waals surface area contributed by atoms with Gasteiger partial charge in [0.05, 0.1) is 30.3 Å². The third kappa shape index (κ3) is 5.71. The fourth-order valence-corrected chi connectivity index (χ4v) is 3.61. The Morgan fingerprint density at radius 2 is 1.86 bits per heavy atom. The van der Waals surface area contributed by atoms with Gasteiger partial charge in [0.1, 0.15) is 5.75 Å². The molecule has 0 heterocycles. The van der Waals surface area contributed by atoms with Gasteiger partial charge in [-0.2, -0.15) is 0 Å². The fourth-order valence-electron chi connectivity index (χ4n) is 2.65. The molecule has 0 saturated carbocycles. The summed E-state index contributed by atoms with van der Waals surface area (Å²) in [6.45, 7) is 0.122. The maximum Gasteiger partial charge on any atom is 0.250 e. The minimum atomic E-state index is -3.53. The molecule has 2 aromatic carbocycles. The van der Waals surface area contributed by atoms with Gasteiger partial charge in [0.25, 0.3) is 5.91 Å². The Bertz CT molecular complexity index is 960. The van der Waals surface area contributed by atoms with Crippen LogP contribution in [0.5, 0.6) is 5.75 Å². The number of sulfonamides is 1. The predicted molar refractivity (Wildman–Crippen MR) is 108 cm³/mol. The molecule has 0 saturated heterocycles. The summed E-state index contributed by atoms with van der Waals surface area (Å²) in [6, 6.07) is 13.1. The number of methoxy groups -OCH3 is 1. The Morgan fingerprint density at radius 3 is 2.50 bits per heavy atom. The highest BCUT2D eigenvalue weighted by molar-refractivity contribution is 7.92. The van der Waals surface area contributed by atoms with Gasteiger partial charge in [0.15, 0.2) is 0 Å². The highest BCUT2D eigenvalue weighted by Crippen LogP contribution is 2.23. The molecule has 28 heavy (non-hydrogen) atoms. The van der Waals surface area contributed by atoms with Gasteiger partial charge in [-0.05, 0) is 30.7 Å². The molecule has 0 radical (unpaired) electrons. The van der Waals surface area contributed by atoms with Crippen LogP contribution in [0.4, 0.5) is 11.4 Å². The summed E-state index contributed by atoms with van der Waals surface area (Å²) >= 11 is 0. The number of ether oxygens (including phenoxy) is 1. The van der Waals surface area contributed by atoms with Crippen molar-refractivity contribution in [2.45, 2.75) is 12.8 Å². The molecule has 9 heteroatoms. The lowest BCUT2D eigenvalue weighted by molar-refractivity contribution is -0.116. The van der Waals surface area contributed by atoms with E-state index in [4.69, 9.17) is 10.5 Å². The minimum absolute atomic E-state index is 0.0725. The molecule has 3 N–H and O–H groups in total. The number of carbonyl (C=O) groups is 2. The quantitative estimate of drug-likeness (QED) is 0.661. The van der Waals surface area contributed by atoms with Gasteiger partial charge < -0.3 is 15.8 Å². The van der Waals surface area contributed by atoms with Gasteiger partial charge in [-0.15, -0.1) is 0 Å². The van der Waals surface area contributed by atoms with E-state index < -0.39 is 15.9 Å². The van der Waals surface area contributed by atoms with Crippen LogP contribution in [0.15, 0.2) is 48.5 Å². The first-order valence-corrected chi connectivity index (χ1v) is 10.4. The van der Waals surface area contributed by atoms with Crippen LogP contribution in [0.1, 0.15) is 23.2 Å². The van der Waals surface area contributed by atoms with E-state index in [1.54, 1.807) is 42.5 Å². The standard InChI is InChI=1S/C19H23N3O5S/c1-27-15-8-5-7-14(13-15)22(28(2,25)26)12-6-11-18(23)21-17-10-4-3-9-16(17)19(20)24/h3-5,7-10,13H,6,11-12H2,1-2H3,(H2,20,24)(H,21,23). The lowest BCUT2D eigenvalue weighted by Gasteiger charge is -2.22. The van der Waals surface area contributed by atoms with Gasteiger partial charge in [0, 0.05) is 19.0 Å². The van der Waals surface area contributed by atoms with E-state index in [0.717, 1.165) is 6.26 Å². The van der Waals surface area contributed by atoms with Crippen LogP contribution in [-0.2, 0) is 14.8 Å². The molecule has 0 aliphatic carbocycles. The molecule has 2 amide bonds. The molecule has 150 valence electrons. The summed E-state index contributed by atoms with van der Waals surface area (Å²) < 4.78 is 30.7. The number of anilines is 2. The van der Waals surface area contributed by atoms with Gasteiger partial charge >= 0.3 is 0 Å². The summed E-state index contributed by atoms with van der Waals surface area (Å²) in [4.78, 5) is 23.6. The summed E-state index contributed by atoms with van der Waals surface area (Å²) in [5.41, 5.74) is 6.29. The van der Waals surface area contributed by atoms with Crippen LogP contribution in [0.3, 0.4) is 0 Å². The Morgan fingerprint density at radius 1 is 1.14 bits per heavy atom. The number of rotatable bonds is 9. The molecule has 8 nitrogen and oxygen atoms in total. The fraction of sp³-hybridized carbons (Fsp3) is 0.263. The van der Waals surface area contributed by atoms with Crippen LogP contribution < -0.4 is 20.1 Å². The van der Waals surface area contributed by atoms with E-state index in [9.17, 15) is 18.0 Å². The number of hydrogen-bond acceptors (Lipinski definition) is 5. The Labute approximate surface area is 164 Å². The third-order valence-corrected chi connectivity index (χ3v) is 5.17. The van der Waals surface area contributed by atoms with Crippen molar-refractivity contribution < 1.29 is 22.7 Å². The average Bonchev–Trinajstić information content (AvgIpc) is 2.64. The first-order valence-electron chi connectivity index (χ1n) is 8.53. The van der Waals surface area contributed by atoms with Crippen molar-refractivity contribution in [2.24, 2.45) is 5.73 Å². The summed E-state index contributed by atoms with van der Waals surface area (Å²) in [7, 11) is -2.03. The highest BCUT2D eigenvalue weighted by Gasteiger charge is 2.18. The van der Waals surface area contributed by atoms with Crippen molar-refractivity contribution in [3.05, 3.63) is 54.1 Å². The monoisotopic (exact) mass is 405 g/mol. The largest absolute Gasteiger partial charge is 0.497 e. The van der Waals surface area contributed by atoms with E-state index in [0.29, 0.717) is 17.1 Å². The van der Waals surface area contributed by atoms with E-state index in [1.165, 1.54) is 17.5 Å². The predicted octanol–water partition coefficient (Wildman–Crippen LogP) is 1.98. The molecule has 2 rings (SSSR count). The Kier molecular flexibility index (Phi) is 7.00. The number of carbonyl (C=O) groups excluding carboxylic acids is 2. The number of primary amides is 1. The van der Waals surface area contributed by atoms with Crippen molar-refractivity contribution >= 4 is 33.2 Å². The number of hydrogen-bond donors (Lipinski definition) is 2. The second-order valence-electron chi connectivity index (χ2n) is 6.10. The van der Waals surface area contributed by atoms with E-state index in [-0.39, 0.29) is 30.9 Å². The molecule has 0 fully saturated rings. The molecule has 0 aliphatic rings. The van der Waals surface area contributed by atoms with E-state index in [2.05, 4.69) is 5.32 Å². The van der Waals surface area contributed by atoms with Gasteiger partial charge in [-0.3, -0.25) is 13.9 Å². The van der Waals surface area contributed by atoms with Crippen molar-refractivity contribution in [3.63, 3.8) is 0 Å². The number of benzene rings is 2. The van der Waals surface area contributed by atoms with Crippen molar-refractivity contribution in [3.8, 4) is 5.75 Å². The normalized spacial score (nSPS) is 10.9. The Balaban J connectivity index is 2.03. The van der Waals surface area contributed by atoms with Gasteiger partial charge in [-0.25, -0.2) is 8.42 Å². The molecular weight excluding hydrogens is 382 g/mol. The van der Waals surface area contributed by atoms with E-state index >= 15 is 0 Å². The van der Waals surface area contributed by atoms with Crippen LogP contribution in [0, 0.1) is 0 Å². The molecule has 0 aromatic heterocycles. The number of nitrogens with two attached hydrogens (primary N) is 1. The molecule has 0 atom stereocenters. The first-order chi connectivity index (χ1) is 13.2. The zero-order chi connectivity index (χ0) is 20.7. The first kappa shape index (κ1) is 21.2. The topological polar surface area (TPSA) is 119 Å². The van der Waals surface area contributed by atoms with Crippen LogP contribution in [0.25, 0.3) is 0 Å². The molecular formula is C19H23N3O5S. The minimum Gasteiger partial charge on any atom is -0.497 e. The summed E-state index contributed by atoms with van der Waals surface area (Å²) in [5.74, 6) is -0.447. The second-order valence-corrected chi connectivity index (χ2v) is 8.00. The van der Waals surface area contributed by atoms with E-state index in [1.807, 2.05) is 0 Å². The van der Waals surface area contributed by atoms with Crippen LogP contribution in [-0.4, -0.2) is 40.1 Å². The summed E-state index contributed by atoms with van der Waals surface area (Å²) in [6.07, 6.45) is 1.47. The maximum absolute atomic E-state index is 12.2. The average molecular weight is 405 g/mol. The zero-order valence-corrected chi connectivity index (χ0v) is 16.5. The maximum atomic E-state index is 12.2. The molecule has 0 spiro atoms. The second kappa shape index (κ2) is 9.23. The third-order valence-electron chi connectivity index (χ3n) is 3.97. The Hall–Kier alpha value is -3.07. The lowest BCUT2D eigenvalue weighted by atomic mass is 10.1. The number of nitrogens with zero attached hydrogens (tertiary/aromatic N) is 1. The molecule has 0 unspecified atom stereocenters. The van der Waals surface area contributed by atoms with Crippen LogP contribution >= 0.6 is 0 Å². The highest BCUT2D eigenvalue weighted by atomic mass is 32.2. The number of para-hydroxylation sites is 1. The molecule has 2 aromatic rings. The molecule has 0 bridgehead atoms. The smallest absolute Gasteiger partial charge is 0.250 e. The van der Waals surface area contributed by atoms with Gasteiger partial charge in [0.2, 0.25) is 15.9 Å². The van der Waals surface area contributed by atoms with Crippen LogP contribution in [0.2, 0.25) is 0 Å². The molecule has 0 aliphatic heterocycles. The number of nitrogens with one attached hydrogen (secondary N) is 1. The lowest BCUT2D eigenvalue weighted by Crippen LogP contribution is -2.31. The summed E-state index contributed by atoms with van der Waals surface area (Å²) in [5, 5.41) is 2.63. The van der Waals surface area contributed by atoms with Gasteiger partial charge in [-0.1, -0.05) is 18.2 Å². The zero-order valence-electron chi connectivity index (χ0n) is 15.7.